The fourth-order valence-corrected chi connectivity index (χ4v) is 3.79. The van der Waals surface area contributed by atoms with Crippen molar-refractivity contribution in [2.45, 2.75) is 12.5 Å². The molecule has 1 atom stereocenters. The summed E-state index contributed by atoms with van der Waals surface area (Å²) in [5.74, 6) is 0.498. The summed E-state index contributed by atoms with van der Waals surface area (Å²) in [5, 5.41) is 11.6. The molecule has 0 aliphatic carbocycles. The Balaban J connectivity index is 1.24. The van der Waals surface area contributed by atoms with E-state index in [4.69, 9.17) is 0 Å². The van der Waals surface area contributed by atoms with E-state index in [2.05, 4.69) is 25.4 Å². The predicted molar refractivity (Wildman–Crippen MR) is 110 cm³/mol. The Morgan fingerprint density at radius 3 is 2.86 bits per heavy atom. The average molecular weight is 389 g/mol. The van der Waals surface area contributed by atoms with Crippen LogP contribution in [0.4, 0.5) is 10.2 Å². The number of carbonyl (C=O) groups is 1. The maximum atomic E-state index is 13.1. The van der Waals surface area contributed by atoms with Crippen molar-refractivity contribution in [3.05, 3.63) is 72.2 Å². The third kappa shape index (κ3) is 3.47. The number of aromatic amines is 2. The predicted octanol–water partition coefficient (Wildman–Crippen LogP) is 3.71. The first kappa shape index (κ1) is 17.5. The Hall–Kier alpha value is -3.61. The van der Waals surface area contributed by atoms with E-state index in [0.717, 1.165) is 40.9 Å². The fourth-order valence-electron chi connectivity index (χ4n) is 3.79. The molecule has 6 nitrogen and oxygen atoms in total. The largest absolute Gasteiger partial charge is 0.361 e. The second kappa shape index (κ2) is 7.09. The number of benzene rings is 2. The van der Waals surface area contributed by atoms with Crippen molar-refractivity contribution in [1.82, 2.24) is 20.5 Å². The van der Waals surface area contributed by atoms with Gasteiger partial charge in [-0.1, -0.05) is 6.07 Å². The number of carbonyl (C=O) groups excluding carboxylic acids is 1. The molecule has 2 aromatic heterocycles. The number of H-pyrrole nitrogens is 2. The molecule has 3 heterocycles. The highest BCUT2D eigenvalue weighted by molar-refractivity contribution is 5.98. The monoisotopic (exact) mass is 389 g/mol. The highest BCUT2D eigenvalue weighted by Gasteiger charge is 2.26. The van der Waals surface area contributed by atoms with Crippen LogP contribution in [0.3, 0.4) is 0 Å². The molecule has 4 aromatic rings. The maximum absolute atomic E-state index is 13.1. The number of nitrogens with zero attached hydrogens (tertiary/aromatic N) is 2. The number of hydrogen-bond donors (Lipinski definition) is 3. The quantitative estimate of drug-likeness (QED) is 0.498. The van der Waals surface area contributed by atoms with Crippen molar-refractivity contribution in [2.75, 3.05) is 18.0 Å². The van der Waals surface area contributed by atoms with Crippen molar-refractivity contribution in [3.8, 4) is 11.3 Å². The van der Waals surface area contributed by atoms with E-state index in [9.17, 15) is 9.18 Å². The second-order valence-corrected chi connectivity index (χ2v) is 7.33. The van der Waals surface area contributed by atoms with Gasteiger partial charge in [-0.25, -0.2) is 4.39 Å². The van der Waals surface area contributed by atoms with Gasteiger partial charge in [-0.05, 0) is 59.8 Å². The molecule has 2 aromatic carbocycles. The lowest BCUT2D eigenvalue weighted by atomic mass is 10.1. The third-order valence-corrected chi connectivity index (χ3v) is 5.38. The van der Waals surface area contributed by atoms with Crippen molar-refractivity contribution in [2.24, 2.45) is 0 Å². The normalized spacial score (nSPS) is 16.4. The van der Waals surface area contributed by atoms with Crippen LogP contribution in [0.1, 0.15) is 16.8 Å². The van der Waals surface area contributed by atoms with Crippen LogP contribution in [0.2, 0.25) is 0 Å². The lowest BCUT2D eigenvalue weighted by Crippen LogP contribution is -2.37. The van der Waals surface area contributed by atoms with Gasteiger partial charge < -0.3 is 15.2 Å². The van der Waals surface area contributed by atoms with E-state index >= 15 is 0 Å². The van der Waals surface area contributed by atoms with Gasteiger partial charge >= 0.3 is 0 Å². The van der Waals surface area contributed by atoms with Crippen LogP contribution in [-0.2, 0) is 0 Å². The van der Waals surface area contributed by atoms with E-state index < -0.39 is 0 Å². The van der Waals surface area contributed by atoms with E-state index in [0.29, 0.717) is 12.1 Å². The van der Waals surface area contributed by atoms with Crippen molar-refractivity contribution in [1.29, 1.82) is 0 Å². The Bertz CT molecular complexity index is 1160. The van der Waals surface area contributed by atoms with Crippen LogP contribution in [0.15, 0.2) is 60.8 Å². The SMILES string of the molecule is O=C(N[C@@H]1CCN(c2cc(-c3ccc(F)cc3)[nH]n2)C1)c1ccc2cc[nH]c2c1. The van der Waals surface area contributed by atoms with Gasteiger partial charge in [0.05, 0.1) is 5.69 Å². The van der Waals surface area contributed by atoms with Crippen molar-refractivity contribution >= 4 is 22.6 Å². The fraction of sp³-hybridized carbons (Fsp3) is 0.182. The molecule has 1 amide bonds. The molecule has 0 spiro atoms. The smallest absolute Gasteiger partial charge is 0.251 e. The van der Waals surface area contributed by atoms with E-state index in [1.807, 2.05) is 36.5 Å². The zero-order valence-corrected chi connectivity index (χ0v) is 15.7. The summed E-state index contributed by atoms with van der Waals surface area (Å²) < 4.78 is 13.1. The van der Waals surface area contributed by atoms with Crippen LogP contribution >= 0.6 is 0 Å². The number of fused-ring (bicyclic) bond motifs is 1. The molecule has 1 aliphatic heterocycles. The van der Waals surface area contributed by atoms with E-state index in [1.165, 1.54) is 12.1 Å². The first-order valence-corrected chi connectivity index (χ1v) is 9.60. The van der Waals surface area contributed by atoms with Gasteiger partial charge in [0.15, 0.2) is 5.82 Å². The highest BCUT2D eigenvalue weighted by atomic mass is 19.1. The standard InChI is InChI=1S/C22H20FN5O/c23-17-5-3-14(4-6-17)20-12-21(27-26-20)28-10-8-18(13-28)25-22(29)16-2-1-15-7-9-24-19(15)11-16/h1-7,9,11-12,18,24H,8,10,13H2,(H,25,29)(H,26,27)/t18-/m1/s1. The molecular formula is C22H20FN5O. The van der Waals surface area contributed by atoms with E-state index in [-0.39, 0.29) is 17.8 Å². The van der Waals surface area contributed by atoms with Crippen LogP contribution in [0, 0.1) is 5.82 Å². The zero-order valence-electron chi connectivity index (χ0n) is 15.7. The molecule has 0 saturated carbocycles. The van der Waals surface area contributed by atoms with Crippen LogP contribution < -0.4 is 10.2 Å². The number of rotatable bonds is 4. The summed E-state index contributed by atoms with van der Waals surface area (Å²) in [6.07, 6.45) is 2.72. The molecule has 0 radical (unpaired) electrons. The van der Waals surface area contributed by atoms with Gasteiger partial charge in [-0.3, -0.25) is 9.89 Å². The maximum Gasteiger partial charge on any atom is 0.251 e. The summed E-state index contributed by atoms with van der Waals surface area (Å²) in [6, 6.07) is 16.0. The highest BCUT2D eigenvalue weighted by Crippen LogP contribution is 2.25. The number of nitrogens with one attached hydrogen (secondary N) is 3. The number of anilines is 1. The first-order chi connectivity index (χ1) is 14.2. The Morgan fingerprint density at radius 1 is 1.14 bits per heavy atom. The lowest BCUT2D eigenvalue weighted by molar-refractivity contribution is 0.0940. The van der Waals surface area contributed by atoms with Crippen molar-refractivity contribution in [3.63, 3.8) is 0 Å². The van der Waals surface area contributed by atoms with Gasteiger partial charge in [0.1, 0.15) is 5.82 Å². The van der Waals surface area contributed by atoms with Gasteiger partial charge in [-0.2, -0.15) is 5.10 Å². The van der Waals surface area contributed by atoms with E-state index in [1.54, 1.807) is 12.1 Å². The summed E-state index contributed by atoms with van der Waals surface area (Å²) in [5.41, 5.74) is 3.33. The average Bonchev–Trinajstić information content (AvgIpc) is 3.48. The number of aromatic nitrogens is 3. The first-order valence-electron chi connectivity index (χ1n) is 9.60. The molecule has 7 heteroatoms. The molecule has 1 aliphatic rings. The molecular weight excluding hydrogens is 369 g/mol. The molecule has 0 bridgehead atoms. The molecule has 5 rings (SSSR count). The van der Waals surface area contributed by atoms with Gasteiger partial charge in [-0.15, -0.1) is 0 Å². The topological polar surface area (TPSA) is 76.8 Å². The molecule has 1 fully saturated rings. The van der Waals surface area contributed by atoms with Crippen LogP contribution in [0.5, 0.6) is 0 Å². The minimum Gasteiger partial charge on any atom is -0.361 e. The minimum atomic E-state index is -0.262. The Morgan fingerprint density at radius 2 is 2.00 bits per heavy atom. The van der Waals surface area contributed by atoms with Gasteiger partial charge in [0, 0.05) is 42.5 Å². The number of halogens is 1. The third-order valence-electron chi connectivity index (χ3n) is 5.38. The van der Waals surface area contributed by atoms with Crippen molar-refractivity contribution < 1.29 is 9.18 Å². The van der Waals surface area contributed by atoms with Crippen LogP contribution in [0.25, 0.3) is 22.2 Å². The molecule has 0 unspecified atom stereocenters. The van der Waals surface area contributed by atoms with Gasteiger partial charge in [0.25, 0.3) is 5.91 Å². The summed E-state index contributed by atoms with van der Waals surface area (Å²) in [7, 11) is 0. The summed E-state index contributed by atoms with van der Waals surface area (Å²) in [6.45, 7) is 1.51. The minimum absolute atomic E-state index is 0.0628. The van der Waals surface area contributed by atoms with Gasteiger partial charge in [0.2, 0.25) is 0 Å². The summed E-state index contributed by atoms with van der Waals surface area (Å²) >= 11 is 0. The Labute approximate surface area is 166 Å². The second-order valence-electron chi connectivity index (χ2n) is 7.33. The number of hydrogen-bond acceptors (Lipinski definition) is 3. The summed E-state index contributed by atoms with van der Waals surface area (Å²) in [4.78, 5) is 17.9. The molecule has 3 N–H and O–H groups in total. The molecule has 29 heavy (non-hydrogen) atoms. The molecule has 1 saturated heterocycles. The zero-order chi connectivity index (χ0) is 19.8. The lowest BCUT2D eigenvalue weighted by Gasteiger charge is -2.16. The molecule has 146 valence electrons. The van der Waals surface area contributed by atoms with Crippen LogP contribution in [-0.4, -0.2) is 40.2 Å². The Kier molecular flexibility index (Phi) is 4.27. The number of amides is 1.